The van der Waals surface area contributed by atoms with Crippen molar-refractivity contribution >= 4 is 54.6 Å². The number of anilines is 4. The molecule has 0 saturated carbocycles. The van der Waals surface area contributed by atoms with Gasteiger partial charge in [0.15, 0.2) is 0 Å². The van der Waals surface area contributed by atoms with Crippen molar-refractivity contribution in [2.45, 2.75) is 6.92 Å². The number of pyridine rings is 1. The molecule has 0 saturated heterocycles. The third kappa shape index (κ3) is 3.81. The van der Waals surface area contributed by atoms with Crippen molar-refractivity contribution in [3.05, 3.63) is 60.7 Å². The van der Waals surface area contributed by atoms with Gasteiger partial charge in [-0.15, -0.1) is 0 Å². The molecule has 0 aliphatic heterocycles. The topological polar surface area (TPSA) is 106 Å². The Bertz CT molecular complexity index is 1350. The van der Waals surface area contributed by atoms with Crippen LogP contribution < -0.4 is 20.5 Å². The van der Waals surface area contributed by atoms with Gasteiger partial charge in [-0.3, -0.25) is 4.72 Å². The summed E-state index contributed by atoms with van der Waals surface area (Å²) in [5, 5.41) is 5.32. The highest BCUT2D eigenvalue weighted by Crippen LogP contribution is 2.37. The Morgan fingerprint density at radius 3 is 2.53 bits per heavy atom. The summed E-state index contributed by atoms with van der Waals surface area (Å²) in [6.07, 6.45) is 0. The van der Waals surface area contributed by atoms with Crippen molar-refractivity contribution in [1.82, 2.24) is 4.98 Å². The number of ether oxygens (including phenoxy) is 1. The van der Waals surface area contributed by atoms with Crippen molar-refractivity contribution in [3.8, 4) is 5.75 Å². The summed E-state index contributed by atoms with van der Waals surface area (Å²) in [4.78, 5) is 4.72. The van der Waals surface area contributed by atoms with E-state index < -0.39 is 10.0 Å². The molecular formula is C22H22N4O3S. The largest absolute Gasteiger partial charge is 0.494 e. The van der Waals surface area contributed by atoms with E-state index in [1.54, 1.807) is 32.2 Å². The second-order valence-corrected chi connectivity index (χ2v) is 8.84. The molecule has 0 aliphatic carbocycles. The van der Waals surface area contributed by atoms with Gasteiger partial charge in [-0.1, -0.05) is 18.2 Å². The standard InChI is InChI=1S/C22H22N4O3S/c1-3-30(27,28)26-15-9-11-19(21(13-15)29-2)25-22-16-6-4-5-7-18(16)24-20-12-14(23)8-10-17(20)22/h4-13,26H,3,23H2,1-2H3,(H,24,25). The molecule has 0 bridgehead atoms. The minimum Gasteiger partial charge on any atom is -0.494 e. The molecule has 1 aromatic heterocycles. The van der Waals surface area contributed by atoms with E-state index in [9.17, 15) is 8.42 Å². The van der Waals surface area contributed by atoms with Crippen LogP contribution in [0.5, 0.6) is 5.75 Å². The van der Waals surface area contributed by atoms with Crippen LogP contribution in [0.3, 0.4) is 0 Å². The van der Waals surface area contributed by atoms with Crippen LogP contribution in [0, 0.1) is 0 Å². The average Bonchev–Trinajstić information content (AvgIpc) is 2.74. The smallest absolute Gasteiger partial charge is 0.232 e. The first-order valence-electron chi connectivity index (χ1n) is 9.43. The van der Waals surface area contributed by atoms with E-state index in [-0.39, 0.29) is 5.75 Å². The summed E-state index contributed by atoms with van der Waals surface area (Å²) in [5.41, 5.74) is 10.2. The number of fused-ring (bicyclic) bond motifs is 2. The summed E-state index contributed by atoms with van der Waals surface area (Å²) in [6, 6.07) is 18.6. The van der Waals surface area contributed by atoms with Gasteiger partial charge in [0.25, 0.3) is 0 Å². The van der Waals surface area contributed by atoms with Gasteiger partial charge in [-0.2, -0.15) is 0 Å². The number of nitrogens with one attached hydrogen (secondary N) is 2. The van der Waals surface area contributed by atoms with E-state index in [0.717, 1.165) is 27.5 Å². The lowest BCUT2D eigenvalue weighted by Gasteiger charge is -2.17. The van der Waals surface area contributed by atoms with E-state index in [2.05, 4.69) is 10.0 Å². The Kier molecular flexibility index (Phi) is 5.09. The molecule has 0 unspecified atom stereocenters. The number of para-hydroxylation sites is 1. The Morgan fingerprint density at radius 1 is 1.00 bits per heavy atom. The fourth-order valence-electron chi connectivity index (χ4n) is 3.29. The van der Waals surface area contributed by atoms with Crippen molar-refractivity contribution in [2.24, 2.45) is 0 Å². The predicted octanol–water partition coefficient (Wildman–Crippen LogP) is 4.48. The minimum absolute atomic E-state index is 0.00651. The third-order valence-corrected chi connectivity index (χ3v) is 6.13. The van der Waals surface area contributed by atoms with Crippen LogP contribution in [0.4, 0.5) is 22.7 Å². The van der Waals surface area contributed by atoms with E-state index in [1.165, 1.54) is 0 Å². The zero-order valence-corrected chi connectivity index (χ0v) is 17.5. The first-order chi connectivity index (χ1) is 14.4. The number of methoxy groups -OCH3 is 1. The first-order valence-corrected chi connectivity index (χ1v) is 11.1. The van der Waals surface area contributed by atoms with E-state index in [4.69, 9.17) is 15.5 Å². The Hall–Kier alpha value is -3.52. The number of nitrogens with zero attached hydrogens (tertiary/aromatic N) is 1. The number of nitrogens with two attached hydrogens (primary N) is 1. The van der Waals surface area contributed by atoms with Gasteiger partial charge in [0, 0.05) is 22.5 Å². The second-order valence-electron chi connectivity index (χ2n) is 6.83. The van der Waals surface area contributed by atoms with Gasteiger partial charge in [0.2, 0.25) is 10.0 Å². The van der Waals surface area contributed by atoms with Gasteiger partial charge >= 0.3 is 0 Å². The van der Waals surface area contributed by atoms with Gasteiger partial charge < -0.3 is 15.8 Å². The molecule has 0 fully saturated rings. The number of nitrogen functional groups attached to an aromatic ring is 1. The number of sulfonamides is 1. The summed E-state index contributed by atoms with van der Waals surface area (Å²) in [6.45, 7) is 1.59. The molecule has 154 valence electrons. The molecule has 0 spiro atoms. The summed E-state index contributed by atoms with van der Waals surface area (Å²) in [5.74, 6) is 0.503. The van der Waals surface area contributed by atoms with Crippen LogP contribution in [0.25, 0.3) is 21.8 Å². The van der Waals surface area contributed by atoms with Crippen LogP contribution in [-0.4, -0.2) is 26.3 Å². The number of hydrogen-bond donors (Lipinski definition) is 3. The highest BCUT2D eigenvalue weighted by Gasteiger charge is 2.14. The fraction of sp³-hybridized carbons (Fsp3) is 0.136. The lowest BCUT2D eigenvalue weighted by Crippen LogP contribution is -2.14. The van der Waals surface area contributed by atoms with E-state index >= 15 is 0 Å². The first kappa shape index (κ1) is 19.8. The van der Waals surface area contributed by atoms with E-state index in [0.29, 0.717) is 22.8 Å². The van der Waals surface area contributed by atoms with Crippen LogP contribution in [0.15, 0.2) is 60.7 Å². The van der Waals surface area contributed by atoms with Crippen molar-refractivity contribution in [3.63, 3.8) is 0 Å². The quantitative estimate of drug-likeness (QED) is 0.312. The molecule has 0 aliphatic rings. The van der Waals surface area contributed by atoms with Crippen molar-refractivity contribution in [2.75, 3.05) is 28.6 Å². The second kappa shape index (κ2) is 7.72. The number of rotatable bonds is 6. The lowest BCUT2D eigenvalue weighted by molar-refractivity contribution is 0.417. The molecule has 0 amide bonds. The Labute approximate surface area is 174 Å². The maximum absolute atomic E-state index is 11.9. The van der Waals surface area contributed by atoms with Gasteiger partial charge in [-0.25, -0.2) is 13.4 Å². The number of benzene rings is 3. The van der Waals surface area contributed by atoms with Crippen LogP contribution in [0.2, 0.25) is 0 Å². The van der Waals surface area contributed by atoms with Gasteiger partial charge in [0.05, 0.1) is 41.0 Å². The minimum atomic E-state index is -3.38. The lowest BCUT2D eigenvalue weighted by atomic mass is 10.1. The average molecular weight is 423 g/mol. The Balaban J connectivity index is 1.83. The molecule has 8 heteroatoms. The zero-order valence-electron chi connectivity index (χ0n) is 16.6. The van der Waals surface area contributed by atoms with E-state index in [1.807, 2.05) is 42.5 Å². The van der Waals surface area contributed by atoms with Gasteiger partial charge in [-0.05, 0) is 43.3 Å². The van der Waals surface area contributed by atoms with Gasteiger partial charge in [0.1, 0.15) is 5.75 Å². The SMILES string of the molecule is CCS(=O)(=O)Nc1ccc(Nc2c3ccccc3nc3cc(N)ccc23)c(OC)c1. The summed E-state index contributed by atoms with van der Waals surface area (Å²) < 4.78 is 31.8. The zero-order chi connectivity index (χ0) is 21.3. The summed E-state index contributed by atoms with van der Waals surface area (Å²) >= 11 is 0. The molecule has 1 heterocycles. The number of aromatic nitrogens is 1. The molecule has 3 aromatic carbocycles. The highest BCUT2D eigenvalue weighted by molar-refractivity contribution is 7.92. The molecule has 4 aromatic rings. The predicted molar refractivity (Wildman–Crippen MR) is 123 cm³/mol. The molecule has 0 radical (unpaired) electrons. The summed E-state index contributed by atoms with van der Waals surface area (Å²) in [7, 11) is -1.83. The maximum atomic E-state index is 11.9. The molecule has 30 heavy (non-hydrogen) atoms. The highest BCUT2D eigenvalue weighted by atomic mass is 32.2. The fourth-order valence-corrected chi connectivity index (χ4v) is 3.92. The molecular weight excluding hydrogens is 400 g/mol. The monoisotopic (exact) mass is 422 g/mol. The van der Waals surface area contributed by atoms with Crippen LogP contribution >= 0.6 is 0 Å². The third-order valence-electron chi connectivity index (χ3n) is 4.82. The maximum Gasteiger partial charge on any atom is 0.232 e. The molecule has 4 rings (SSSR count). The molecule has 4 N–H and O–H groups in total. The van der Waals surface area contributed by atoms with Crippen LogP contribution in [0.1, 0.15) is 6.92 Å². The normalized spacial score (nSPS) is 11.5. The van der Waals surface area contributed by atoms with Crippen LogP contribution in [-0.2, 0) is 10.0 Å². The molecule has 7 nitrogen and oxygen atoms in total. The molecule has 0 atom stereocenters. The number of hydrogen-bond acceptors (Lipinski definition) is 6. The van der Waals surface area contributed by atoms with Crippen molar-refractivity contribution in [1.29, 1.82) is 0 Å². The Morgan fingerprint density at radius 2 is 1.77 bits per heavy atom. The van der Waals surface area contributed by atoms with Crippen molar-refractivity contribution < 1.29 is 13.2 Å².